The van der Waals surface area contributed by atoms with Gasteiger partial charge >= 0.3 is 5.97 Å². The van der Waals surface area contributed by atoms with Gasteiger partial charge in [0.25, 0.3) is 0 Å². The Hall–Kier alpha value is -2.92. The average Bonchev–Trinajstić information content (AvgIpc) is 3.00. The Morgan fingerprint density at radius 1 is 1.17 bits per heavy atom. The van der Waals surface area contributed by atoms with E-state index in [1.807, 2.05) is 24.3 Å². The molecule has 1 aliphatic heterocycles. The molecule has 5 heteroatoms. The van der Waals surface area contributed by atoms with Crippen molar-refractivity contribution in [3.8, 4) is 11.1 Å². The second-order valence-electron chi connectivity index (χ2n) is 7.73. The number of aliphatic hydroxyl groups is 1. The molecule has 0 amide bonds. The number of carbonyl (C=O) groups excluding carboxylic acids is 1. The fourth-order valence-electron chi connectivity index (χ4n) is 4.05. The molecule has 2 heterocycles. The molecule has 150 valence electrons. The van der Waals surface area contributed by atoms with E-state index in [9.17, 15) is 14.3 Å². The maximum Gasteiger partial charge on any atom is 0.309 e. The minimum Gasteiger partial charge on any atom is -0.458 e. The predicted octanol–water partition coefficient (Wildman–Crippen LogP) is 5.11. The molecule has 0 aliphatic carbocycles. The molecule has 2 atom stereocenters. The van der Waals surface area contributed by atoms with E-state index in [1.165, 1.54) is 12.1 Å². The number of benzene rings is 2. The molecule has 0 saturated carbocycles. The number of hydrogen-bond acceptors (Lipinski definition) is 3. The summed E-state index contributed by atoms with van der Waals surface area (Å²) in [5.74, 6) is -0.664. The zero-order valence-corrected chi connectivity index (χ0v) is 16.5. The van der Waals surface area contributed by atoms with Crippen LogP contribution >= 0.6 is 0 Å². The maximum atomic E-state index is 13.5. The van der Waals surface area contributed by atoms with Crippen LogP contribution in [0.2, 0.25) is 0 Å². The number of hydrogen-bond donors (Lipinski definition) is 1. The van der Waals surface area contributed by atoms with Gasteiger partial charge in [-0.05, 0) is 49.8 Å². The third-order valence-electron chi connectivity index (χ3n) is 5.26. The summed E-state index contributed by atoms with van der Waals surface area (Å²) >= 11 is 0. The molecule has 0 radical (unpaired) electrons. The number of para-hydroxylation sites is 1. The Morgan fingerprint density at radius 3 is 2.59 bits per heavy atom. The van der Waals surface area contributed by atoms with Crippen LogP contribution in [0.15, 0.2) is 54.6 Å². The topological polar surface area (TPSA) is 51.5 Å². The lowest BCUT2D eigenvalue weighted by atomic mass is 10.0. The number of aromatic nitrogens is 1. The lowest BCUT2D eigenvalue weighted by molar-refractivity contribution is -0.156. The normalized spacial score (nSPS) is 20.0. The zero-order valence-electron chi connectivity index (χ0n) is 16.5. The summed E-state index contributed by atoms with van der Waals surface area (Å²) in [5, 5.41) is 11.0. The highest BCUT2D eigenvalue weighted by atomic mass is 19.1. The van der Waals surface area contributed by atoms with Gasteiger partial charge in [-0.15, -0.1) is 0 Å². The number of halogens is 1. The van der Waals surface area contributed by atoms with Gasteiger partial charge in [0.15, 0.2) is 0 Å². The predicted molar refractivity (Wildman–Crippen MR) is 112 cm³/mol. The number of fused-ring (bicyclic) bond motifs is 1. The van der Waals surface area contributed by atoms with Gasteiger partial charge in [-0.2, -0.15) is 0 Å². The molecule has 4 nitrogen and oxygen atoms in total. The molecular weight excluding hydrogens is 369 g/mol. The monoisotopic (exact) mass is 393 g/mol. The van der Waals surface area contributed by atoms with E-state index in [0.29, 0.717) is 6.42 Å². The van der Waals surface area contributed by atoms with E-state index >= 15 is 0 Å². The van der Waals surface area contributed by atoms with Crippen molar-refractivity contribution < 1.29 is 19.0 Å². The fraction of sp³-hybridized carbons (Fsp3) is 0.292. The minimum atomic E-state index is -0.682. The molecular formula is C24H24FNO3. The van der Waals surface area contributed by atoms with Gasteiger partial charge in [-0.3, -0.25) is 4.79 Å². The molecule has 1 N–H and O–H groups in total. The standard InChI is InChI=1S/C24H24FNO3/c1-15(2)26-21-6-4-3-5-20(21)24(16-7-9-17(25)10-8-16)22(26)12-11-19-13-18(27)14-23(28)29-19/h3-12,15,18-19,27H,13-14H2,1-2H3/b12-11+. The molecule has 1 saturated heterocycles. The van der Waals surface area contributed by atoms with Crippen molar-refractivity contribution in [2.45, 2.75) is 44.9 Å². The SMILES string of the molecule is CC(C)n1c(/C=C/C2CC(O)CC(=O)O2)c(-c2ccc(F)cc2)c2ccccc21. The van der Waals surface area contributed by atoms with Crippen LogP contribution in [0.3, 0.4) is 0 Å². The van der Waals surface area contributed by atoms with Crippen molar-refractivity contribution in [1.82, 2.24) is 4.57 Å². The van der Waals surface area contributed by atoms with E-state index in [4.69, 9.17) is 4.74 Å². The van der Waals surface area contributed by atoms with Crippen LogP contribution in [0, 0.1) is 5.82 Å². The van der Waals surface area contributed by atoms with E-state index in [-0.39, 0.29) is 24.2 Å². The van der Waals surface area contributed by atoms with Crippen LogP contribution in [0.4, 0.5) is 4.39 Å². The van der Waals surface area contributed by atoms with Gasteiger partial charge < -0.3 is 14.4 Å². The molecule has 1 fully saturated rings. The van der Waals surface area contributed by atoms with Crippen molar-refractivity contribution >= 4 is 22.9 Å². The highest BCUT2D eigenvalue weighted by Gasteiger charge is 2.26. The van der Waals surface area contributed by atoms with Crippen molar-refractivity contribution in [2.24, 2.45) is 0 Å². The number of esters is 1. The summed E-state index contributed by atoms with van der Waals surface area (Å²) in [6.45, 7) is 4.23. The smallest absolute Gasteiger partial charge is 0.309 e. The summed E-state index contributed by atoms with van der Waals surface area (Å²) < 4.78 is 21.1. The van der Waals surface area contributed by atoms with Crippen LogP contribution < -0.4 is 0 Å². The number of ether oxygens (including phenoxy) is 1. The van der Waals surface area contributed by atoms with E-state index in [0.717, 1.165) is 27.7 Å². The van der Waals surface area contributed by atoms with Gasteiger partial charge in [-0.1, -0.05) is 30.3 Å². The first-order valence-corrected chi connectivity index (χ1v) is 9.88. The highest BCUT2D eigenvalue weighted by Crippen LogP contribution is 2.38. The molecule has 2 unspecified atom stereocenters. The third kappa shape index (κ3) is 3.83. The largest absolute Gasteiger partial charge is 0.458 e. The number of cyclic esters (lactones) is 1. The van der Waals surface area contributed by atoms with Gasteiger partial charge in [0.05, 0.1) is 12.5 Å². The van der Waals surface area contributed by atoms with Crippen molar-refractivity contribution in [3.63, 3.8) is 0 Å². The molecule has 3 aromatic rings. The third-order valence-corrected chi connectivity index (χ3v) is 5.26. The lowest BCUT2D eigenvalue weighted by Gasteiger charge is -2.23. The first kappa shape index (κ1) is 19.4. The highest BCUT2D eigenvalue weighted by molar-refractivity contribution is 6.01. The molecule has 1 aliphatic rings. The van der Waals surface area contributed by atoms with E-state index in [1.54, 1.807) is 12.1 Å². The Morgan fingerprint density at radius 2 is 1.90 bits per heavy atom. The van der Waals surface area contributed by atoms with Crippen molar-refractivity contribution in [3.05, 3.63) is 66.1 Å². The van der Waals surface area contributed by atoms with Gasteiger partial charge in [0.1, 0.15) is 11.9 Å². The molecule has 0 spiro atoms. The molecule has 29 heavy (non-hydrogen) atoms. The van der Waals surface area contributed by atoms with Crippen LogP contribution in [-0.4, -0.2) is 27.9 Å². The summed E-state index contributed by atoms with van der Waals surface area (Å²) in [6, 6.07) is 14.8. The van der Waals surface area contributed by atoms with Crippen LogP contribution in [0.1, 0.15) is 38.4 Å². The fourth-order valence-corrected chi connectivity index (χ4v) is 4.05. The minimum absolute atomic E-state index is 0.0391. The van der Waals surface area contributed by atoms with E-state index in [2.05, 4.69) is 30.5 Å². The molecule has 2 aromatic carbocycles. The number of nitrogens with zero attached hydrogens (tertiary/aromatic N) is 1. The second-order valence-corrected chi connectivity index (χ2v) is 7.73. The van der Waals surface area contributed by atoms with Gasteiger partial charge in [-0.25, -0.2) is 4.39 Å². The molecule has 4 rings (SSSR count). The summed E-state index contributed by atoms with van der Waals surface area (Å²) in [5.41, 5.74) is 3.97. The Labute approximate surface area is 169 Å². The summed E-state index contributed by atoms with van der Waals surface area (Å²) in [7, 11) is 0. The Balaban J connectivity index is 1.88. The van der Waals surface area contributed by atoms with Crippen LogP contribution in [-0.2, 0) is 9.53 Å². The Bertz CT molecular complexity index is 1070. The average molecular weight is 393 g/mol. The second kappa shape index (κ2) is 7.84. The number of carbonyl (C=O) groups is 1. The lowest BCUT2D eigenvalue weighted by Crippen LogP contribution is -2.31. The first-order chi connectivity index (χ1) is 13.9. The quantitative estimate of drug-likeness (QED) is 0.627. The zero-order chi connectivity index (χ0) is 20.5. The van der Waals surface area contributed by atoms with Crippen molar-refractivity contribution in [2.75, 3.05) is 0 Å². The molecule has 0 bridgehead atoms. The van der Waals surface area contributed by atoms with Gasteiger partial charge in [0.2, 0.25) is 0 Å². The van der Waals surface area contributed by atoms with Crippen LogP contribution in [0.25, 0.3) is 28.1 Å². The number of aliphatic hydroxyl groups excluding tert-OH is 1. The first-order valence-electron chi connectivity index (χ1n) is 9.88. The van der Waals surface area contributed by atoms with Crippen LogP contribution in [0.5, 0.6) is 0 Å². The van der Waals surface area contributed by atoms with Crippen molar-refractivity contribution in [1.29, 1.82) is 0 Å². The number of rotatable bonds is 4. The summed E-state index contributed by atoms with van der Waals surface area (Å²) in [4.78, 5) is 11.7. The van der Waals surface area contributed by atoms with Gasteiger partial charge in [0, 0.05) is 34.6 Å². The van der Waals surface area contributed by atoms with E-state index < -0.39 is 12.2 Å². The maximum absolute atomic E-state index is 13.5. The molecule has 1 aromatic heterocycles. The Kier molecular flexibility index (Phi) is 5.24. The summed E-state index contributed by atoms with van der Waals surface area (Å²) in [6.07, 6.45) is 3.06.